The summed E-state index contributed by atoms with van der Waals surface area (Å²) in [7, 11) is 0. The van der Waals surface area contributed by atoms with E-state index in [1.54, 1.807) is 24.3 Å². The van der Waals surface area contributed by atoms with Crippen LogP contribution in [-0.4, -0.2) is 37.3 Å². The molecule has 7 nitrogen and oxygen atoms in total. The van der Waals surface area contributed by atoms with Gasteiger partial charge in [-0.2, -0.15) is 0 Å². The van der Waals surface area contributed by atoms with Gasteiger partial charge in [0, 0.05) is 12.3 Å². The highest BCUT2D eigenvalue weighted by molar-refractivity contribution is 5.89. The second kappa shape index (κ2) is 14.3. The lowest BCUT2D eigenvalue weighted by Crippen LogP contribution is -2.44. The lowest BCUT2D eigenvalue weighted by Gasteiger charge is -2.20. The Hall–Kier alpha value is -4.91. The fraction of sp³-hybridized carbons (Fsp3) is 0.250. The van der Waals surface area contributed by atoms with Crippen molar-refractivity contribution in [2.45, 2.75) is 44.8 Å². The van der Waals surface area contributed by atoms with E-state index < -0.39 is 24.1 Å². The predicted molar refractivity (Wildman–Crippen MR) is 164 cm³/mol. The molecule has 0 unspecified atom stereocenters. The van der Waals surface area contributed by atoms with Crippen LogP contribution in [0.3, 0.4) is 0 Å². The maximum absolute atomic E-state index is 13.3. The number of esters is 2. The molecule has 0 saturated carbocycles. The molecule has 1 amide bonds. The van der Waals surface area contributed by atoms with E-state index in [4.69, 9.17) is 14.2 Å². The molecule has 1 aliphatic carbocycles. The highest BCUT2D eigenvalue weighted by Gasteiger charge is 2.30. The topological polar surface area (TPSA) is 90.9 Å². The third-order valence-electron chi connectivity index (χ3n) is 7.48. The van der Waals surface area contributed by atoms with Crippen LogP contribution in [0.2, 0.25) is 0 Å². The Morgan fingerprint density at radius 1 is 0.744 bits per heavy atom. The van der Waals surface area contributed by atoms with E-state index in [1.165, 1.54) is 0 Å². The lowest BCUT2D eigenvalue weighted by molar-refractivity contribution is -0.147. The number of hydrogen-bond donors (Lipinski definition) is 1. The minimum Gasteiger partial charge on any atom is -0.462 e. The van der Waals surface area contributed by atoms with Crippen LogP contribution in [0.4, 0.5) is 4.79 Å². The standard InChI is InChI=1S/C36H35NO6/c1-2-3-20-41-34(38)27-15-11-14-26(21-27)22-33(35(39)42-23-25-12-5-4-6-13-25)37-36(40)43-24-32-30-18-9-7-16-28(30)29-17-8-10-19-31(29)32/h4-19,21,32-33H,2-3,20,22-24H2,1H3,(H,37,40)/t33-/m0/s1. The van der Waals surface area contributed by atoms with Gasteiger partial charge in [0.25, 0.3) is 0 Å². The Morgan fingerprint density at radius 2 is 1.40 bits per heavy atom. The first-order valence-electron chi connectivity index (χ1n) is 14.6. The second-order valence-electron chi connectivity index (χ2n) is 10.5. The molecule has 0 saturated heterocycles. The van der Waals surface area contributed by atoms with Gasteiger partial charge in [-0.05, 0) is 51.9 Å². The number of carbonyl (C=O) groups excluding carboxylic acids is 3. The van der Waals surface area contributed by atoms with Gasteiger partial charge in [-0.3, -0.25) is 0 Å². The Bertz CT molecular complexity index is 1520. The number of amides is 1. The number of nitrogens with one attached hydrogen (secondary N) is 1. The molecule has 1 aliphatic rings. The van der Waals surface area contributed by atoms with Crippen molar-refractivity contribution < 1.29 is 28.6 Å². The number of benzene rings is 4. The van der Waals surface area contributed by atoms with Gasteiger partial charge >= 0.3 is 18.0 Å². The monoisotopic (exact) mass is 577 g/mol. The Morgan fingerprint density at radius 3 is 2.09 bits per heavy atom. The molecule has 4 aromatic rings. The van der Waals surface area contributed by atoms with Crippen LogP contribution >= 0.6 is 0 Å². The van der Waals surface area contributed by atoms with Crippen LogP contribution in [0.25, 0.3) is 11.1 Å². The van der Waals surface area contributed by atoms with Crippen LogP contribution in [0.5, 0.6) is 0 Å². The summed E-state index contributed by atoms with van der Waals surface area (Å²) in [6.07, 6.45) is 1.08. The summed E-state index contributed by atoms with van der Waals surface area (Å²) < 4.78 is 16.6. The Labute approximate surface area is 251 Å². The van der Waals surface area contributed by atoms with Gasteiger partial charge in [0.05, 0.1) is 12.2 Å². The van der Waals surface area contributed by atoms with E-state index in [1.807, 2.05) is 73.7 Å². The zero-order valence-corrected chi connectivity index (χ0v) is 24.2. The van der Waals surface area contributed by atoms with E-state index in [9.17, 15) is 14.4 Å². The minimum absolute atomic E-state index is 0.0618. The van der Waals surface area contributed by atoms with Crippen molar-refractivity contribution in [2.24, 2.45) is 0 Å². The molecular weight excluding hydrogens is 542 g/mol. The third-order valence-corrected chi connectivity index (χ3v) is 7.48. The van der Waals surface area contributed by atoms with Crippen molar-refractivity contribution in [1.29, 1.82) is 0 Å². The van der Waals surface area contributed by atoms with E-state index >= 15 is 0 Å². The van der Waals surface area contributed by atoms with Crippen molar-refractivity contribution in [1.82, 2.24) is 5.32 Å². The highest BCUT2D eigenvalue weighted by atomic mass is 16.6. The molecule has 0 bridgehead atoms. The van der Waals surface area contributed by atoms with Crippen molar-refractivity contribution >= 4 is 18.0 Å². The number of hydrogen-bond acceptors (Lipinski definition) is 6. The van der Waals surface area contributed by atoms with Crippen LogP contribution in [0.15, 0.2) is 103 Å². The first-order chi connectivity index (χ1) is 21.0. The first-order valence-corrected chi connectivity index (χ1v) is 14.6. The number of alkyl carbamates (subject to hydrolysis) is 1. The predicted octanol–water partition coefficient (Wildman–Crippen LogP) is 6.84. The summed E-state index contributed by atoms with van der Waals surface area (Å²) in [4.78, 5) is 38.9. The largest absolute Gasteiger partial charge is 0.462 e. The van der Waals surface area contributed by atoms with Gasteiger partial charge in [0.1, 0.15) is 19.3 Å². The quantitative estimate of drug-likeness (QED) is 0.113. The van der Waals surface area contributed by atoms with Crippen LogP contribution in [0, 0.1) is 0 Å². The Kier molecular flexibility index (Phi) is 9.85. The van der Waals surface area contributed by atoms with Gasteiger partial charge in [0.15, 0.2) is 0 Å². The molecule has 0 aliphatic heterocycles. The molecular formula is C36H35NO6. The van der Waals surface area contributed by atoms with Crippen LogP contribution in [0.1, 0.15) is 58.3 Å². The van der Waals surface area contributed by atoms with E-state index in [2.05, 4.69) is 17.4 Å². The van der Waals surface area contributed by atoms with Crippen molar-refractivity contribution in [3.05, 3.63) is 131 Å². The van der Waals surface area contributed by atoms with Gasteiger partial charge in [-0.15, -0.1) is 0 Å². The number of unbranched alkanes of at least 4 members (excludes halogenated alkanes) is 1. The normalized spacial score (nSPS) is 12.5. The van der Waals surface area contributed by atoms with E-state index in [-0.39, 0.29) is 25.6 Å². The summed E-state index contributed by atoms with van der Waals surface area (Å²) >= 11 is 0. The number of rotatable bonds is 12. The molecule has 43 heavy (non-hydrogen) atoms. The SMILES string of the molecule is CCCCOC(=O)c1cccc(C[C@H](NC(=O)OCC2c3ccccc3-c3ccccc32)C(=O)OCc2ccccc2)c1. The molecule has 220 valence electrons. The molecule has 0 aromatic heterocycles. The highest BCUT2D eigenvalue weighted by Crippen LogP contribution is 2.44. The average Bonchev–Trinajstić information content (AvgIpc) is 3.36. The fourth-order valence-electron chi connectivity index (χ4n) is 5.26. The molecule has 0 fully saturated rings. The number of carbonyl (C=O) groups is 3. The summed E-state index contributed by atoms with van der Waals surface area (Å²) in [5, 5.41) is 2.71. The zero-order chi connectivity index (χ0) is 30.0. The first kappa shape index (κ1) is 29.6. The molecule has 4 aromatic carbocycles. The molecule has 1 atom stereocenters. The zero-order valence-electron chi connectivity index (χ0n) is 24.2. The lowest BCUT2D eigenvalue weighted by atomic mass is 9.98. The second-order valence-corrected chi connectivity index (χ2v) is 10.5. The van der Waals surface area contributed by atoms with Crippen molar-refractivity contribution in [2.75, 3.05) is 13.2 Å². The maximum Gasteiger partial charge on any atom is 0.407 e. The average molecular weight is 578 g/mol. The van der Waals surface area contributed by atoms with Crippen LogP contribution < -0.4 is 5.32 Å². The molecule has 7 heteroatoms. The van der Waals surface area contributed by atoms with E-state index in [0.717, 1.165) is 40.7 Å². The summed E-state index contributed by atoms with van der Waals surface area (Å²) in [5.41, 5.74) is 6.32. The third kappa shape index (κ3) is 7.49. The molecule has 5 rings (SSSR count). The van der Waals surface area contributed by atoms with Gasteiger partial charge < -0.3 is 19.5 Å². The summed E-state index contributed by atoms with van der Waals surface area (Å²) in [6, 6.07) is 31.3. The number of ether oxygens (including phenoxy) is 3. The molecule has 0 radical (unpaired) electrons. The Balaban J connectivity index is 1.28. The number of fused-ring (bicyclic) bond motifs is 3. The minimum atomic E-state index is -1.04. The van der Waals surface area contributed by atoms with Gasteiger partial charge in [-0.25, -0.2) is 14.4 Å². The van der Waals surface area contributed by atoms with Crippen molar-refractivity contribution in [3.63, 3.8) is 0 Å². The molecule has 0 heterocycles. The molecule has 1 N–H and O–H groups in total. The van der Waals surface area contributed by atoms with Crippen LogP contribution in [-0.2, 0) is 32.0 Å². The summed E-state index contributed by atoms with van der Waals surface area (Å²) in [6.45, 7) is 2.55. The van der Waals surface area contributed by atoms with E-state index in [0.29, 0.717) is 17.7 Å². The molecule has 0 spiro atoms. The van der Waals surface area contributed by atoms with Crippen molar-refractivity contribution in [3.8, 4) is 11.1 Å². The smallest absolute Gasteiger partial charge is 0.407 e. The van der Waals surface area contributed by atoms with Gasteiger partial charge in [-0.1, -0.05) is 104 Å². The maximum atomic E-state index is 13.3. The summed E-state index contributed by atoms with van der Waals surface area (Å²) in [5.74, 6) is -1.15. The fourth-order valence-corrected chi connectivity index (χ4v) is 5.26. The van der Waals surface area contributed by atoms with Gasteiger partial charge in [0.2, 0.25) is 0 Å².